The zero-order valence-electron chi connectivity index (χ0n) is 13.6. The highest BCUT2D eigenvalue weighted by atomic mass is 28.3. The predicted molar refractivity (Wildman–Crippen MR) is 83.3 cm³/mol. The van der Waals surface area contributed by atoms with Gasteiger partial charge in [0.05, 0.1) is 19.3 Å². The fourth-order valence-corrected chi connectivity index (χ4v) is 2.45. The van der Waals surface area contributed by atoms with Crippen molar-refractivity contribution in [3.63, 3.8) is 0 Å². The molecule has 1 unspecified atom stereocenters. The van der Waals surface area contributed by atoms with Crippen LogP contribution in [0.2, 0.25) is 19.6 Å². The predicted octanol–water partition coefficient (Wildman–Crippen LogP) is 2.89. The minimum Gasteiger partial charge on any atom is -0.444 e. The number of amides is 1. The largest absolute Gasteiger partial charge is 0.444 e. The van der Waals surface area contributed by atoms with Gasteiger partial charge in [0.2, 0.25) is 0 Å². The van der Waals surface area contributed by atoms with Gasteiger partial charge in [0.15, 0.2) is 0 Å². The monoisotopic (exact) mass is 297 g/mol. The second-order valence-electron chi connectivity index (χ2n) is 7.16. The summed E-state index contributed by atoms with van der Waals surface area (Å²) >= 11 is 0. The second-order valence-corrected chi connectivity index (χ2v) is 11.9. The van der Waals surface area contributed by atoms with Gasteiger partial charge in [-0.05, 0) is 20.8 Å². The van der Waals surface area contributed by atoms with Crippen molar-refractivity contribution in [3.05, 3.63) is 0 Å². The average Bonchev–Trinajstić information content (AvgIpc) is 2.25. The van der Waals surface area contributed by atoms with Crippen molar-refractivity contribution in [2.75, 3.05) is 19.8 Å². The summed E-state index contributed by atoms with van der Waals surface area (Å²) in [6.45, 7) is 14.0. The van der Waals surface area contributed by atoms with Gasteiger partial charge < -0.3 is 9.47 Å². The number of ether oxygens (including phenoxy) is 2. The molecule has 0 aliphatic carbocycles. The van der Waals surface area contributed by atoms with Gasteiger partial charge >= 0.3 is 6.09 Å². The van der Waals surface area contributed by atoms with E-state index in [-0.39, 0.29) is 12.1 Å². The number of carbonyl (C=O) groups is 1. The second kappa shape index (κ2) is 6.64. The number of carbonyl (C=O) groups excluding carboxylic acids is 1. The number of nitrogens with zero attached hydrogens (tertiary/aromatic N) is 1. The van der Waals surface area contributed by atoms with Crippen molar-refractivity contribution in [3.8, 4) is 11.5 Å². The summed E-state index contributed by atoms with van der Waals surface area (Å²) in [4.78, 5) is 14.0. The Bertz CT molecular complexity index is 398. The van der Waals surface area contributed by atoms with Crippen molar-refractivity contribution in [1.29, 1.82) is 0 Å². The lowest BCUT2D eigenvalue weighted by Gasteiger charge is -2.35. The molecular weight excluding hydrogens is 270 g/mol. The molecule has 0 radical (unpaired) electrons. The number of morpholine rings is 1. The van der Waals surface area contributed by atoms with Crippen LogP contribution in [0, 0.1) is 11.5 Å². The highest BCUT2D eigenvalue weighted by Crippen LogP contribution is 2.16. The van der Waals surface area contributed by atoms with Crippen LogP contribution in [0.1, 0.15) is 27.2 Å². The van der Waals surface area contributed by atoms with Crippen LogP contribution in [0.5, 0.6) is 0 Å². The maximum absolute atomic E-state index is 12.2. The summed E-state index contributed by atoms with van der Waals surface area (Å²) in [5, 5.41) is 0. The van der Waals surface area contributed by atoms with Crippen LogP contribution in [-0.4, -0.2) is 50.5 Å². The molecule has 4 nitrogen and oxygen atoms in total. The molecule has 1 atom stereocenters. The van der Waals surface area contributed by atoms with Crippen molar-refractivity contribution in [2.45, 2.75) is 58.5 Å². The van der Waals surface area contributed by atoms with E-state index in [0.29, 0.717) is 26.2 Å². The summed E-state index contributed by atoms with van der Waals surface area (Å²) < 4.78 is 10.9. The van der Waals surface area contributed by atoms with Crippen LogP contribution >= 0.6 is 0 Å². The molecule has 1 aliphatic rings. The molecule has 1 rings (SSSR count). The third kappa shape index (κ3) is 6.44. The highest BCUT2D eigenvalue weighted by Gasteiger charge is 2.30. The molecule has 0 aromatic heterocycles. The van der Waals surface area contributed by atoms with E-state index in [1.807, 2.05) is 20.8 Å². The molecule has 0 spiro atoms. The SMILES string of the molecule is CC(C)(C)OC(=O)N1CCOCC1CC#C[Si](C)(C)C. The van der Waals surface area contributed by atoms with E-state index in [4.69, 9.17) is 9.47 Å². The summed E-state index contributed by atoms with van der Waals surface area (Å²) in [6, 6.07) is 0.00227. The molecule has 1 amide bonds. The molecule has 0 aromatic rings. The molecular formula is C15H27NO3Si. The Morgan fingerprint density at radius 2 is 2.05 bits per heavy atom. The molecule has 1 aliphatic heterocycles. The van der Waals surface area contributed by atoms with Crippen molar-refractivity contribution in [2.24, 2.45) is 0 Å². The quantitative estimate of drug-likeness (QED) is 0.552. The molecule has 1 fully saturated rings. The lowest BCUT2D eigenvalue weighted by atomic mass is 10.1. The Labute approximate surface area is 123 Å². The van der Waals surface area contributed by atoms with Gasteiger partial charge in [-0.15, -0.1) is 11.5 Å². The normalized spacial score (nSPS) is 20.1. The third-order valence-electron chi connectivity index (χ3n) is 2.66. The molecule has 0 bridgehead atoms. The van der Waals surface area contributed by atoms with Crippen LogP contribution in [0.25, 0.3) is 0 Å². The lowest BCUT2D eigenvalue weighted by Crippen LogP contribution is -2.50. The fraction of sp³-hybridized carbons (Fsp3) is 0.800. The van der Waals surface area contributed by atoms with Crippen molar-refractivity contribution < 1.29 is 14.3 Å². The summed E-state index contributed by atoms with van der Waals surface area (Å²) in [5.41, 5.74) is 2.86. The maximum Gasteiger partial charge on any atom is 0.410 e. The topological polar surface area (TPSA) is 38.8 Å². The molecule has 5 heteroatoms. The molecule has 0 N–H and O–H groups in total. The Balaban J connectivity index is 2.66. The first kappa shape index (κ1) is 17.1. The smallest absolute Gasteiger partial charge is 0.410 e. The van der Waals surface area contributed by atoms with E-state index in [9.17, 15) is 4.79 Å². The van der Waals surface area contributed by atoms with Crippen LogP contribution in [0.3, 0.4) is 0 Å². The van der Waals surface area contributed by atoms with E-state index in [1.54, 1.807) is 4.90 Å². The van der Waals surface area contributed by atoms with E-state index < -0.39 is 13.7 Å². The Hall–Kier alpha value is -0.993. The Morgan fingerprint density at radius 3 is 2.60 bits per heavy atom. The first-order valence-corrected chi connectivity index (χ1v) is 10.7. The zero-order chi connectivity index (χ0) is 15.4. The van der Waals surface area contributed by atoms with E-state index in [2.05, 4.69) is 31.1 Å². The van der Waals surface area contributed by atoms with Gasteiger partial charge in [0, 0.05) is 13.0 Å². The van der Waals surface area contributed by atoms with Gasteiger partial charge in [-0.2, -0.15) is 0 Å². The minimum atomic E-state index is -1.37. The van der Waals surface area contributed by atoms with Gasteiger partial charge in [-0.25, -0.2) is 4.79 Å². The van der Waals surface area contributed by atoms with Crippen LogP contribution in [0.4, 0.5) is 4.79 Å². The first-order valence-electron chi connectivity index (χ1n) is 7.16. The molecule has 20 heavy (non-hydrogen) atoms. The molecule has 1 heterocycles. The standard InChI is InChI=1S/C15H27NO3Si/c1-15(2,3)19-14(17)16-9-10-18-12-13(16)8-7-11-20(4,5)6/h13H,8-10,12H2,1-6H3. The third-order valence-corrected chi connectivity index (χ3v) is 3.58. The van der Waals surface area contributed by atoms with Gasteiger partial charge in [-0.3, -0.25) is 4.90 Å². The van der Waals surface area contributed by atoms with Gasteiger partial charge in [0.25, 0.3) is 0 Å². The molecule has 114 valence electrons. The lowest BCUT2D eigenvalue weighted by molar-refractivity contribution is -0.0309. The molecule has 0 saturated carbocycles. The van der Waals surface area contributed by atoms with Crippen molar-refractivity contribution >= 4 is 14.2 Å². The highest BCUT2D eigenvalue weighted by molar-refractivity contribution is 6.83. The number of hydrogen-bond donors (Lipinski definition) is 0. The minimum absolute atomic E-state index is 0.00227. The van der Waals surface area contributed by atoms with Gasteiger partial charge in [0.1, 0.15) is 13.7 Å². The summed E-state index contributed by atoms with van der Waals surface area (Å²) in [7, 11) is -1.37. The fourth-order valence-electron chi connectivity index (χ4n) is 1.82. The van der Waals surface area contributed by atoms with Crippen LogP contribution < -0.4 is 0 Å². The van der Waals surface area contributed by atoms with Crippen LogP contribution in [-0.2, 0) is 9.47 Å². The average molecular weight is 297 g/mol. The Morgan fingerprint density at radius 1 is 1.40 bits per heavy atom. The summed E-state index contributed by atoms with van der Waals surface area (Å²) in [6.07, 6.45) is 0.393. The van der Waals surface area contributed by atoms with E-state index in [0.717, 1.165) is 0 Å². The number of hydrogen-bond acceptors (Lipinski definition) is 3. The summed E-state index contributed by atoms with van der Waals surface area (Å²) in [5.74, 6) is 3.23. The molecule has 1 saturated heterocycles. The zero-order valence-corrected chi connectivity index (χ0v) is 14.6. The van der Waals surface area contributed by atoms with E-state index in [1.165, 1.54) is 0 Å². The van der Waals surface area contributed by atoms with Gasteiger partial charge in [-0.1, -0.05) is 19.6 Å². The van der Waals surface area contributed by atoms with Crippen LogP contribution in [0.15, 0.2) is 0 Å². The Kier molecular flexibility index (Phi) is 5.66. The first-order chi connectivity index (χ1) is 9.08. The van der Waals surface area contributed by atoms with Crippen molar-refractivity contribution in [1.82, 2.24) is 4.90 Å². The van der Waals surface area contributed by atoms with E-state index >= 15 is 0 Å². The molecule has 0 aromatic carbocycles. The number of rotatable bonds is 1. The maximum atomic E-state index is 12.2.